The summed E-state index contributed by atoms with van der Waals surface area (Å²) in [6.45, 7) is 5.34. The SMILES string of the molecule is CCc1cnc(C(C)Nc2ccc(S(=O)(=O)N3CCCCC3)cn2)s1. The first-order valence-corrected chi connectivity index (χ1v) is 10.9. The zero-order valence-corrected chi connectivity index (χ0v) is 16.2. The number of pyridine rings is 1. The second-order valence-corrected chi connectivity index (χ2v) is 9.31. The molecule has 0 amide bonds. The Balaban J connectivity index is 1.69. The Kier molecular flexibility index (Phi) is 5.71. The minimum atomic E-state index is -3.43. The van der Waals surface area contributed by atoms with Crippen molar-refractivity contribution in [1.29, 1.82) is 0 Å². The first-order chi connectivity index (χ1) is 12.0. The summed E-state index contributed by atoms with van der Waals surface area (Å²) in [6, 6.07) is 3.38. The highest BCUT2D eigenvalue weighted by molar-refractivity contribution is 7.89. The van der Waals surface area contributed by atoms with Crippen LogP contribution in [-0.2, 0) is 16.4 Å². The predicted molar refractivity (Wildman–Crippen MR) is 100 cm³/mol. The van der Waals surface area contributed by atoms with E-state index in [-0.39, 0.29) is 10.9 Å². The van der Waals surface area contributed by atoms with Crippen molar-refractivity contribution in [2.45, 2.75) is 50.5 Å². The van der Waals surface area contributed by atoms with Crippen LogP contribution in [0.1, 0.15) is 49.0 Å². The minimum absolute atomic E-state index is 0.0300. The molecule has 1 unspecified atom stereocenters. The van der Waals surface area contributed by atoms with Gasteiger partial charge in [0.05, 0.1) is 6.04 Å². The van der Waals surface area contributed by atoms with Crippen LogP contribution in [0.2, 0.25) is 0 Å². The molecular formula is C17H24N4O2S2. The van der Waals surface area contributed by atoms with Gasteiger partial charge in [-0.15, -0.1) is 11.3 Å². The van der Waals surface area contributed by atoms with Gasteiger partial charge in [-0.05, 0) is 38.3 Å². The molecule has 6 nitrogen and oxygen atoms in total. The molecule has 2 aromatic rings. The molecule has 25 heavy (non-hydrogen) atoms. The normalized spacial score (nSPS) is 17.4. The molecule has 0 saturated carbocycles. The highest BCUT2D eigenvalue weighted by Gasteiger charge is 2.26. The Labute approximate surface area is 153 Å². The molecule has 3 heterocycles. The number of hydrogen-bond acceptors (Lipinski definition) is 6. The van der Waals surface area contributed by atoms with Crippen LogP contribution in [0.5, 0.6) is 0 Å². The van der Waals surface area contributed by atoms with E-state index in [9.17, 15) is 8.42 Å². The van der Waals surface area contributed by atoms with Gasteiger partial charge in [-0.2, -0.15) is 4.31 Å². The van der Waals surface area contributed by atoms with Crippen molar-refractivity contribution in [3.8, 4) is 0 Å². The fourth-order valence-electron chi connectivity index (χ4n) is 2.84. The first kappa shape index (κ1) is 18.3. The molecule has 1 fully saturated rings. The molecule has 2 aromatic heterocycles. The highest BCUT2D eigenvalue weighted by atomic mass is 32.2. The first-order valence-electron chi connectivity index (χ1n) is 8.68. The van der Waals surface area contributed by atoms with E-state index in [4.69, 9.17) is 0 Å². The summed E-state index contributed by atoms with van der Waals surface area (Å²) in [5.74, 6) is 0.651. The van der Waals surface area contributed by atoms with E-state index in [1.165, 1.54) is 11.1 Å². The number of rotatable bonds is 6. The Hall–Kier alpha value is -1.51. The Morgan fingerprint density at radius 3 is 2.56 bits per heavy atom. The van der Waals surface area contributed by atoms with Gasteiger partial charge in [-0.3, -0.25) is 0 Å². The van der Waals surface area contributed by atoms with Gasteiger partial charge in [0.1, 0.15) is 15.7 Å². The third kappa shape index (κ3) is 4.19. The second kappa shape index (κ2) is 7.80. The molecule has 0 spiro atoms. The maximum absolute atomic E-state index is 12.6. The quantitative estimate of drug-likeness (QED) is 0.831. The van der Waals surface area contributed by atoms with Crippen molar-refractivity contribution in [3.63, 3.8) is 0 Å². The molecule has 0 aliphatic carbocycles. The molecular weight excluding hydrogens is 356 g/mol. The summed E-state index contributed by atoms with van der Waals surface area (Å²) in [5, 5.41) is 4.29. The number of aryl methyl sites for hydroxylation is 1. The average Bonchev–Trinajstić information content (AvgIpc) is 3.12. The summed E-state index contributed by atoms with van der Waals surface area (Å²) < 4.78 is 26.8. The molecule has 1 aliphatic rings. The predicted octanol–water partition coefficient (Wildman–Crippen LogP) is 3.45. The summed E-state index contributed by atoms with van der Waals surface area (Å²) in [5.41, 5.74) is 0. The molecule has 1 N–H and O–H groups in total. The van der Waals surface area contributed by atoms with Crippen LogP contribution in [-0.4, -0.2) is 35.8 Å². The number of anilines is 1. The number of nitrogens with zero attached hydrogens (tertiary/aromatic N) is 3. The largest absolute Gasteiger partial charge is 0.361 e. The number of nitrogens with one attached hydrogen (secondary N) is 1. The number of thiazole rings is 1. The van der Waals surface area contributed by atoms with E-state index in [2.05, 4.69) is 22.2 Å². The van der Waals surface area contributed by atoms with E-state index in [0.29, 0.717) is 18.9 Å². The van der Waals surface area contributed by atoms with Crippen molar-refractivity contribution in [3.05, 3.63) is 34.4 Å². The summed E-state index contributed by atoms with van der Waals surface area (Å²) in [4.78, 5) is 10.2. The van der Waals surface area contributed by atoms with Crippen LogP contribution in [0.3, 0.4) is 0 Å². The van der Waals surface area contributed by atoms with E-state index in [1.54, 1.807) is 27.8 Å². The van der Waals surface area contributed by atoms with Gasteiger partial charge >= 0.3 is 0 Å². The van der Waals surface area contributed by atoms with E-state index in [1.807, 2.05) is 13.1 Å². The fraction of sp³-hybridized carbons (Fsp3) is 0.529. The van der Waals surface area contributed by atoms with Gasteiger partial charge in [-0.1, -0.05) is 13.3 Å². The van der Waals surface area contributed by atoms with Crippen molar-refractivity contribution in [1.82, 2.24) is 14.3 Å². The molecule has 3 rings (SSSR count). The molecule has 0 bridgehead atoms. The third-order valence-electron chi connectivity index (χ3n) is 4.34. The van der Waals surface area contributed by atoms with Crippen LogP contribution in [0.15, 0.2) is 29.4 Å². The number of piperidine rings is 1. The lowest BCUT2D eigenvalue weighted by molar-refractivity contribution is 0.346. The van der Waals surface area contributed by atoms with Gasteiger partial charge in [0.2, 0.25) is 10.0 Å². The molecule has 136 valence electrons. The zero-order chi connectivity index (χ0) is 17.9. The smallest absolute Gasteiger partial charge is 0.244 e. The van der Waals surface area contributed by atoms with Crippen molar-refractivity contribution < 1.29 is 8.42 Å². The van der Waals surface area contributed by atoms with Crippen LogP contribution < -0.4 is 5.32 Å². The second-order valence-electron chi connectivity index (χ2n) is 6.23. The van der Waals surface area contributed by atoms with E-state index in [0.717, 1.165) is 30.7 Å². The van der Waals surface area contributed by atoms with Crippen LogP contribution >= 0.6 is 11.3 Å². The molecule has 8 heteroatoms. The van der Waals surface area contributed by atoms with Crippen molar-refractivity contribution >= 4 is 27.2 Å². The maximum atomic E-state index is 12.6. The third-order valence-corrected chi connectivity index (χ3v) is 7.55. The molecule has 1 atom stereocenters. The standard InChI is InChI=1S/C17H24N4O2S2/c1-3-14-11-19-17(24-14)13(2)20-16-8-7-15(12-18-16)25(22,23)21-9-5-4-6-10-21/h7-8,11-13H,3-6,9-10H2,1-2H3,(H,18,20). The Bertz CT molecular complexity index is 796. The topological polar surface area (TPSA) is 75.2 Å². The summed E-state index contributed by atoms with van der Waals surface area (Å²) in [6.07, 6.45) is 7.28. The average molecular weight is 381 g/mol. The minimum Gasteiger partial charge on any atom is -0.361 e. The number of sulfonamides is 1. The van der Waals surface area contributed by atoms with E-state index >= 15 is 0 Å². The zero-order valence-electron chi connectivity index (χ0n) is 14.6. The summed E-state index contributed by atoms with van der Waals surface area (Å²) >= 11 is 1.68. The van der Waals surface area contributed by atoms with Gasteiger partial charge in [0, 0.05) is 30.4 Å². The lowest BCUT2D eigenvalue weighted by Crippen LogP contribution is -2.35. The molecule has 1 aliphatic heterocycles. The molecule has 1 saturated heterocycles. The van der Waals surface area contributed by atoms with E-state index < -0.39 is 10.0 Å². The maximum Gasteiger partial charge on any atom is 0.244 e. The van der Waals surface area contributed by atoms with Crippen LogP contribution in [0.25, 0.3) is 0 Å². The van der Waals surface area contributed by atoms with Gasteiger partial charge < -0.3 is 5.32 Å². The lowest BCUT2D eigenvalue weighted by Gasteiger charge is -2.25. The molecule has 0 radical (unpaired) electrons. The van der Waals surface area contributed by atoms with Crippen LogP contribution in [0, 0.1) is 0 Å². The number of aromatic nitrogens is 2. The fourth-order valence-corrected chi connectivity index (χ4v) is 5.16. The Morgan fingerprint density at radius 2 is 1.96 bits per heavy atom. The van der Waals surface area contributed by atoms with Crippen molar-refractivity contribution in [2.75, 3.05) is 18.4 Å². The van der Waals surface area contributed by atoms with Gasteiger partial charge in [0.25, 0.3) is 0 Å². The number of hydrogen-bond donors (Lipinski definition) is 1. The van der Waals surface area contributed by atoms with Gasteiger partial charge in [0.15, 0.2) is 0 Å². The van der Waals surface area contributed by atoms with Crippen LogP contribution in [0.4, 0.5) is 5.82 Å². The monoisotopic (exact) mass is 380 g/mol. The highest BCUT2D eigenvalue weighted by Crippen LogP contribution is 2.25. The Morgan fingerprint density at radius 1 is 1.20 bits per heavy atom. The molecule has 0 aromatic carbocycles. The van der Waals surface area contributed by atoms with Gasteiger partial charge in [-0.25, -0.2) is 18.4 Å². The lowest BCUT2D eigenvalue weighted by atomic mass is 10.2. The summed E-state index contributed by atoms with van der Waals surface area (Å²) in [7, 11) is -3.43. The van der Waals surface area contributed by atoms with Crippen molar-refractivity contribution in [2.24, 2.45) is 0 Å².